The zero-order valence-corrected chi connectivity index (χ0v) is 18.3. The Labute approximate surface area is 184 Å². The average molecular weight is 435 g/mol. The summed E-state index contributed by atoms with van der Waals surface area (Å²) >= 11 is 0. The molecular weight excluding hydrogens is 408 g/mol. The summed E-state index contributed by atoms with van der Waals surface area (Å²) < 4.78 is 28.1. The summed E-state index contributed by atoms with van der Waals surface area (Å²) in [4.78, 5) is 15.3. The third-order valence-electron chi connectivity index (χ3n) is 5.66. The van der Waals surface area contributed by atoms with E-state index in [0.29, 0.717) is 6.42 Å². The summed E-state index contributed by atoms with van der Waals surface area (Å²) in [5, 5.41) is 0. The predicted molar refractivity (Wildman–Crippen MR) is 122 cm³/mol. The highest BCUT2D eigenvalue weighted by molar-refractivity contribution is 7.89. The molecule has 0 radical (unpaired) electrons. The summed E-state index contributed by atoms with van der Waals surface area (Å²) in [7, 11) is -3.80. The van der Waals surface area contributed by atoms with E-state index in [4.69, 9.17) is 0 Å². The Balaban J connectivity index is 1.60. The van der Waals surface area contributed by atoms with Crippen LogP contribution in [-0.4, -0.2) is 37.8 Å². The van der Waals surface area contributed by atoms with Crippen LogP contribution in [0.5, 0.6) is 0 Å². The van der Waals surface area contributed by atoms with E-state index in [2.05, 4.69) is 0 Å². The molecule has 4 rings (SSSR count). The smallest absolute Gasteiger partial charge is 0.243 e. The van der Waals surface area contributed by atoms with E-state index >= 15 is 0 Å². The van der Waals surface area contributed by atoms with Crippen LogP contribution in [-0.2, 0) is 27.7 Å². The van der Waals surface area contributed by atoms with Gasteiger partial charge in [0.05, 0.1) is 11.4 Å². The zero-order valence-electron chi connectivity index (χ0n) is 17.5. The summed E-state index contributed by atoms with van der Waals surface area (Å²) in [6.07, 6.45) is 1.31. The van der Waals surface area contributed by atoms with Crippen molar-refractivity contribution in [3.05, 3.63) is 96.1 Å². The lowest BCUT2D eigenvalue weighted by Crippen LogP contribution is -2.45. The maximum atomic E-state index is 13.4. The van der Waals surface area contributed by atoms with Crippen molar-refractivity contribution in [2.24, 2.45) is 0 Å². The van der Waals surface area contributed by atoms with E-state index in [1.165, 1.54) is 4.31 Å². The van der Waals surface area contributed by atoms with Gasteiger partial charge in [-0.1, -0.05) is 66.7 Å². The van der Waals surface area contributed by atoms with Crippen LogP contribution in [0.3, 0.4) is 0 Å². The lowest BCUT2D eigenvalue weighted by atomic mass is 10.1. The van der Waals surface area contributed by atoms with Crippen molar-refractivity contribution in [1.82, 2.24) is 4.31 Å². The second-order valence-corrected chi connectivity index (χ2v) is 9.77. The lowest BCUT2D eigenvalue weighted by Gasteiger charge is -2.27. The molecule has 0 spiro atoms. The molecule has 0 N–H and O–H groups in total. The minimum Gasteiger partial charge on any atom is -0.308 e. The molecule has 0 aliphatic carbocycles. The minimum absolute atomic E-state index is 0.000280. The van der Waals surface area contributed by atoms with Gasteiger partial charge < -0.3 is 4.90 Å². The fourth-order valence-electron chi connectivity index (χ4n) is 4.10. The predicted octanol–water partition coefficient (Wildman–Crippen LogP) is 3.90. The molecule has 0 bridgehead atoms. The molecule has 1 atom stereocenters. The van der Waals surface area contributed by atoms with Crippen LogP contribution >= 0.6 is 0 Å². The van der Waals surface area contributed by atoms with Crippen LogP contribution in [0, 0.1) is 0 Å². The fourth-order valence-corrected chi connectivity index (χ4v) is 5.51. The first-order chi connectivity index (χ1) is 15.0. The number of fused-ring (bicyclic) bond motifs is 1. The molecule has 31 heavy (non-hydrogen) atoms. The topological polar surface area (TPSA) is 57.7 Å². The molecule has 0 fully saturated rings. The van der Waals surface area contributed by atoms with Crippen molar-refractivity contribution < 1.29 is 13.2 Å². The van der Waals surface area contributed by atoms with E-state index in [1.54, 1.807) is 35.2 Å². The van der Waals surface area contributed by atoms with Gasteiger partial charge in [-0.25, -0.2) is 8.42 Å². The lowest BCUT2D eigenvalue weighted by molar-refractivity contribution is -0.119. The van der Waals surface area contributed by atoms with Crippen molar-refractivity contribution in [2.45, 2.75) is 30.7 Å². The van der Waals surface area contributed by atoms with Crippen LogP contribution in [0.25, 0.3) is 0 Å². The number of carbonyl (C=O) groups is 1. The molecule has 1 aliphatic heterocycles. The summed E-state index contributed by atoms with van der Waals surface area (Å²) in [6.45, 7) is 2.04. The normalized spacial score (nSPS) is 15.8. The minimum atomic E-state index is -3.80. The Bertz CT molecular complexity index is 1150. The molecule has 1 amide bonds. The molecule has 160 valence electrons. The number of para-hydroxylation sites is 1. The first kappa shape index (κ1) is 21.3. The van der Waals surface area contributed by atoms with Gasteiger partial charge in [-0.2, -0.15) is 4.31 Å². The molecule has 1 aliphatic rings. The van der Waals surface area contributed by atoms with Gasteiger partial charge in [0, 0.05) is 18.3 Å². The van der Waals surface area contributed by atoms with Crippen molar-refractivity contribution in [1.29, 1.82) is 0 Å². The quantitative estimate of drug-likeness (QED) is 0.567. The molecule has 0 saturated heterocycles. The average Bonchev–Trinajstić information content (AvgIpc) is 3.13. The van der Waals surface area contributed by atoms with Gasteiger partial charge in [0.15, 0.2) is 0 Å². The highest BCUT2D eigenvalue weighted by atomic mass is 32.2. The second-order valence-electron chi connectivity index (χ2n) is 7.83. The number of carbonyl (C=O) groups excluding carboxylic acids is 1. The van der Waals surface area contributed by atoms with Gasteiger partial charge in [0.1, 0.15) is 0 Å². The number of hydrogen-bond donors (Lipinski definition) is 0. The van der Waals surface area contributed by atoms with E-state index < -0.39 is 10.0 Å². The molecule has 0 unspecified atom stereocenters. The molecule has 0 saturated carbocycles. The summed E-state index contributed by atoms with van der Waals surface area (Å²) in [5.41, 5.74) is 3.02. The molecule has 1 heterocycles. The van der Waals surface area contributed by atoms with Crippen molar-refractivity contribution in [3.8, 4) is 0 Å². The van der Waals surface area contributed by atoms with E-state index in [0.717, 1.165) is 23.2 Å². The van der Waals surface area contributed by atoms with Crippen LogP contribution in [0.15, 0.2) is 89.8 Å². The Morgan fingerprint density at radius 3 is 2.26 bits per heavy atom. The molecule has 5 nitrogen and oxygen atoms in total. The van der Waals surface area contributed by atoms with Crippen molar-refractivity contribution in [3.63, 3.8) is 0 Å². The number of nitrogens with zero attached hydrogens (tertiary/aromatic N) is 2. The fraction of sp³-hybridized carbons (Fsp3) is 0.240. The van der Waals surface area contributed by atoms with Crippen molar-refractivity contribution >= 4 is 21.6 Å². The number of rotatable bonds is 7. The Morgan fingerprint density at radius 2 is 1.55 bits per heavy atom. The first-order valence-corrected chi connectivity index (χ1v) is 11.9. The van der Waals surface area contributed by atoms with Crippen molar-refractivity contribution in [2.75, 3.05) is 18.0 Å². The third-order valence-corrected chi connectivity index (χ3v) is 7.52. The highest BCUT2D eigenvalue weighted by Crippen LogP contribution is 2.32. The number of hydrogen-bond acceptors (Lipinski definition) is 3. The first-order valence-electron chi connectivity index (χ1n) is 10.5. The van der Waals surface area contributed by atoms with E-state index in [-0.39, 0.29) is 29.9 Å². The maximum Gasteiger partial charge on any atom is 0.243 e. The molecular formula is C25H26N2O3S. The molecule has 3 aromatic rings. The SMILES string of the molecule is C[C@H]1Cc2ccccc2N1C(=O)CN(CCc1ccccc1)S(=O)(=O)c1ccccc1. The van der Waals surface area contributed by atoms with Crippen LogP contribution in [0.4, 0.5) is 5.69 Å². The Hall–Kier alpha value is -2.96. The Kier molecular flexibility index (Phi) is 6.20. The standard InChI is InChI=1S/C25H26N2O3S/c1-20-18-22-12-8-9-15-24(22)27(20)25(28)19-26(17-16-21-10-4-2-5-11-21)31(29,30)23-13-6-3-7-14-23/h2-15,20H,16-19H2,1H3/t20-/m0/s1. The largest absolute Gasteiger partial charge is 0.308 e. The van der Waals surface area contributed by atoms with Gasteiger partial charge in [0.25, 0.3) is 0 Å². The van der Waals surface area contributed by atoms with Crippen LogP contribution < -0.4 is 4.90 Å². The van der Waals surface area contributed by atoms with Gasteiger partial charge in [-0.05, 0) is 49.1 Å². The van der Waals surface area contributed by atoms with Gasteiger partial charge >= 0.3 is 0 Å². The van der Waals surface area contributed by atoms with Gasteiger partial charge in [-0.3, -0.25) is 4.79 Å². The number of anilines is 1. The van der Waals surface area contributed by atoms with E-state index in [1.807, 2.05) is 61.5 Å². The third kappa shape index (κ3) is 4.55. The van der Waals surface area contributed by atoms with Crippen LogP contribution in [0.2, 0.25) is 0 Å². The summed E-state index contributed by atoms with van der Waals surface area (Å²) in [6, 6.07) is 25.9. The molecule has 6 heteroatoms. The highest BCUT2D eigenvalue weighted by Gasteiger charge is 2.34. The monoisotopic (exact) mass is 434 g/mol. The number of sulfonamides is 1. The number of benzene rings is 3. The van der Waals surface area contributed by atoms with Gasteiger partial charge in [0.2, 0.25) is 15.9 Å². The number of amides is 1. The molecule has 3 aromatic carbocycles. The zero-order chi connectivity index (χ0) is 21.8. The van der Waals surface area contributed by atoms with Gasteiger partial charge in [-0.15, -0.1) is 0 Å². The van der Waals surface area contributed by atoms with E-state index in [9.17, 15) is 13.2 Å². The Morgan fingerprint density at radius 1 is 0.935 bits per heavy atom. The molecule has 0 aromatic heterocycles. The maximum absolute atomic E-state index is 13.4. The second kappa shape index (κ2) is 9.04. The summed E-state index contributed by atoms with van der Waals surface area (Å²) in [5.74, 6) is -0.204. The van der Waals surface area contributed by atoms with Crippen LogP contribution in [0.1, 0.15) is 18.1 Å².